The Balaban J connectivity index is 1.52. The number of nitriles is 1. The number of hydrogen-bond donors (Lipinski definition) is 5. The van der Waals surface area contributed by atoms with Crippen LogP contribution in [0.4, 0.5) is 5.82 Å². The molecule has 2 aromatic heterocycles. The van der Waals surface area contributed by atoms with Gasteiger partial charge in [0, 0.05) is 68.8 Å². The van der Waals surface area contributed by atoms with E-state index in [0.717, 1.165) is 6.42 Å². The van der Waals surface area contributed by atoms with Crippen molar-refractivity contribution in [3.8, 4) is 46.0 Å². The van der Waals surface area contributed by atoms with E-state index in [2.05, 4.69) is 41.0 Å². The number of ether oxygens (including phenoxy) is 3. The molecular formula is C51H66N10O8. The molecule has 4 bridgehead atoms. The molecule has 18 heteroatoms. The molecule has 0 fully saturated rings. The Bertz CT molecular complexity index is 2500. The van der Waals surface area contributed by atoms with Crippen LogP contribution >= 0.6 is 0 Å². The van der Waals surface area contributed by atoms with Gasteiger partial charge < -0.3 is 47.4 Å². The van der Waals surface area contributed by atoms with E-state index < -0.39 is 47.3 Å². The number of rotatable bonds is 20. The number of amides is 2. The highest BCUT2D eigenvalue weighted by molar-refractivity contribution is 6.03. The van der Waals surface area contributed by atoms with Gasteiger partial charge in [-0.1, -0.05) is 39.8 Å². The highest BCUT2D eigenvalue weighted by Gasteiger charge is 2.37. The van der Waals surface area contributed by atoms with E-state index in [-0.39, 0.29) is 105 Å². The van der Waals surface area contributed by atoms with Crippen LogP contribution in [0.2, 0.25) is 0 Å². The lowest BCUT2D eigenvalue weighted by molar-refractivity contribution is -0.142. The van der Waals surface area contributed by atoms with Gasteiger partial charge >= 0.3 is 0 Å². The predicted molar refractivity (Wildman–Crippen MR) is 261 cm³/mol. The molecule has 1 aliphatic rings. The molecule has 0 saturated heterocycles. The van der Waals surface area contributed by atoms with Crippen LogP contribution in [-0.4, -0.2) is 102 Å². The SMILES string of the molecule is Cc1nc(-c2ccc(OCCC(C)(C)C)cn2)nc(N)c1C(=O)C[C@@H](CCN)C(=O)N(C)[C@@H]1C(=O)C[C@@H](C)C(=O)N[C@H](C(=O)CCC#N)Cc2ccc(OCCN)c(c2)-c2cc1ccc2OCCN. The van der Waals surface area contributed by atoms with Crippen molar-refractivity contribution in [3.63, 3.8) is 0 Å². The van der Waals surface area contributed by atoms with Gasteiger partial charge in [-0.3, -0.25) is 24.0 Å². The van der Waals surface area contributed by atoms with Crippen molar-refractivity contribution >= 4 is 35.0 Å². The first kappa shape index (κ1) is 53.1. The lowest BCUT2D eigenvalue weighted by Gasteiger charge is -2.32. The van der Waals surface area contributed by atoms with Gasteiger partial charge in [0.2, 0.25) is 11.8 Å². The van der Waals surface area contributed by atoms with Gasteiger partial charge in [0.15, 0.2) is 23.2 Å². The van der Waals surface area contributed by atoms with Gasteiger partial charge in [-0.05, 0) is 85.7 Å². The van der Waals surface area contributed by atoms with E-state index in [1.54, 1.807) is 62.5 Å². The molecule has 0 saturated carbocycles. The molecule has 0 unspecified atom stereocenters. The van der Waals surface area contributed by atoms with Gasteiger partial charge in [0.25, 0.3) is 0 Å². The van der Waals surface area contributed by atoms with Crippen LogP contribution in [0, 0.1) is 35.5 Å². The number of nitrogen functional groups attached to an aromatic ring is 1. The fourth-order valence-corrected chi connectivity index (χ4v) is 8.09. The fourth-order valence-electron chi connectivity index (χ4n) is 8.09. The van der Waals surface area contributed by atoms with Gasteiger partial charge in [-0.2, -0.15) is 5.26 Å². The topological polar surface area (TPSA) is 295 Å². The molecule has 4 aromatic rings. The number of fused-ring (bicyclic) bond motifs is 5. The standard InChI is InChI=1S/C51H66N10O8/c1-30-24-42(64)46(33-10-14-44(69-23-20-55)37(27-33)36-25-32(9-13-43(36)68-22-19-54)26-39(59-49(30)65)40(62)8-7-17-52)61(6)50(66)34(15-18-53)28-41(63)45-31(2)58-48(60-47(45)56)38-12-11-35(29-57-38)67-21-16-51(3,4)5/h9-14,25,27,29-30,34,39,46H,7-8,15-16,18-24,26,28,53-55H2,1-6H3,(H,59,65)(H2,56,58,60)/t30-,34-,39+,46+/m1/s1. The van der Waals surface area contributed by atoms with Crippen LogP contribution in [0.5, 0.6) is 17.2 Å². The molecule has 3 heterocycles. The van der Waals surface area contributed by atoms with Crippen molar-refractivity contribution in [2.24, 2.45) is 34.5 Å². The van der Waals surface area contributed by atoms with Crippen molar-refractivity contribution in [1.29, 1.82) is 5.26 Å². The second-order valence-corrected chi connectivity index (χ2v) is 18.5. The summed E-state index contributed by atoms with van der Waals surface area (Å²) in [6, 6.07) is 13.5. The minimum atomic E-state index is -1.28. The maximum Gasteiger partial charge on any atom is 0.226 e. The average Bonchev–Trinajstić information content (AvgIpc) is 3.30. The number of carbonyl (C=O) groups is 5. The van der Waals surface area contributed by atoms with Crippen LogP contribution in [0.15, 0.2) is 54.7 Å². The third-order valence-corrected chi connectivity index (χ3v) is 11.8. The number of hydrogen-bond acceptors (Lipinski definition) is 16. The summed E-state index contributed by atoms with van der Waals surface area (Å²) in [6.07, 6.45) is 1.80. The molecule has 5 rings (SSSR count). The van der Waals surface area contributed by atoms with E-state index in [0.29, 0.717) is 51.8 Å². The number of aromatic nitrogens is 3. The van der Waals surface area contributed by atoms with E-state index in [9.17, 15) is 29.2 Å². The highest BCUT2D eigenvalue weighted by atomic mass is 16.5. The first-order chi connectivity index (χ1) is 32.9. The highest BCUT2D eigenvalue weighted by Crippen LogP contribution is 2.41. The van der Waals surface area contributed by atoms with Crippen molar-refractivity contribution in [2.75, 3.05) is 52.2 Å². The molecule has 0 aliphatic carbocycles. The van der Waals surface area contributed by atoms with Crippen molar-refractivity contribution < 1.29 is 38.2 Å². The largest absolute Gasteiger partial charge is 0.492 e. The summed E-state index contributed by atoms with van der Waals surface area (Å²) in [7, 11) is 1.47. The summed E-state index contributed by atoms with van der Waals surface area (Å²) >= 11 is 0. The average molecular weight is 947 g/mol. The zero-order valence-corrected chi connectivity index (χ0v) is 40.5. The number of benzene rings is 2. The Hall–Kier alpha value is -6.81. The zero-order valence-electron chi connectivity index (χ0n) is 40.5. The van der Waals surface area contributed by atoms with Crippen LogP contribution in [0.3, 0.4) is 0 Å². The fraction of sp³-hybridized carbons (Fsp3) is 0.471. The normalized spacial score (nSPS) is 16.6. The van der Waals surface area contributed by atoms with Crippen LogP contribution in [0.25, 0.3) is 22.6 Å². The summed E-state index contributed by atoms with van der Waals surface area (Å²) in [6.45, 7) is 10.9. The quantitative estimate of drug-likeness (QED) is 0.0741. The second kappa shape index (κ2) is 24.5. The first-order valence-corrected chi connectivity index (χ1v) is 23.3. The molecule has 368 valence electrons. The number of nitrogens with zero attached hydrogens (tertiary/aromatic N) is 5. The van der Waals surface area contributed by atoms with Gasteiger partial charge in [-0.25, -0.2) is 15.0 Å². The van der Waals surface area contributed by atoms with Gasteiger partial charge in [0.1, 0.15) is 48.0 Å². The maximum atomic E-state index is 14.8. The van der Waals surface area contributed by atoms with E-state index in [4.69, 9.17) is 37.1 Å². The smallest absolute Gasteiger partial charge is 0.226 e. The molecular weight excluding hydrogens is 881 g/mol. The van der Waals surface area contributed by atoms with Crippen molar-refractivity contribution in [2.45, 2.75) is 91.6 Å². The minimum Gasteiger partial charge on any atom is -0.492 e. The Kier molecular flexibility index (Phi) is 18.8. The van der Waals surface area contributed by atoms with E-state index in [1.807, 2.05) is 12.1 Å². The van der Waals surface area contributed by atoms with Crippen molar-refractivity contribution in [1.82, 2.24) is 25.2 Å². The lowest BCUT2D eigenvalue weighted by Crippen LogP contribution is -2.46. The summed E-state index contributed by atoms with van der Waals surface area (Å²) in [4.78, 5) is 85.8. The predicted octanol–water partition coefficient (Wildman–Crippen LogP) is 4.83. The number of likely N-dealkylation sites (N-methyl/N-ethyl adjacent to an activating group) is 1. The van der Waals surface area contributed by atoms with E-state index in [1.165, 1.54) is 11.9 Å². The second-order valence-electron chi connectivity index (χ2n) is 18.5. The van der Waals surface area contributed by atoms with Crippen LogP contribution in [0.1, 0.15) is 99.4 Å². The number of nitrogens with two attached hydrogens (primary N) is 4. The monoisotopic (exact) mass is 947 g/mol. The minimum absolute atomic E-state index is 0.0341. The molecule has 0 spiro atoms. The lowest BCUT2D eigenvalue weighted by atomic mass is 9.88. The molecule has 69 heavy (non-hydrogen) atoms. The third kappa shape index (κ3) is 14.1. The summed E-state index contributed by atoms with van der Waals surface area (Å²) < 4.78 is 18.1. The first-order valence-electron chi connectivity index (χ1n) is 23.3. The number of aryl methyl sites for hydroxylation is 1. The van der Waals surface area contributed by atoms with Gasteiger partial charge in [-0.15, -0.1) is 0 Å². The zero-order chi connectivity index (χ0) is 50.4. The van der Waals surface area contributed by atoms with Crippen molar-refractivity contribution in [3.05, 3.63) is 77.1 Å². The molecule has 2 amide bonds. The summed E-state index contributed by atoms with van der Waals surface area (Å²) in [5.74, 6) is -2.89. The molecule has 4 atom stereocenters. The van der Waals surface area contributed by atoms with Crippen LogP contribution in [-0.2, 0) is 25.6 Å². The number of Topliss-reactive ketones (excluding diaryl/α,β-unsaturated/α-hetero) is 3. The Morgan fingerprint density at radius 1 is 0.913 bits per heavy atom. The maximum absolute atomic E-state index is 14.8. The Labute approximate surface area is 403 Å². The molecule has 2 aromatic carbocycles. The molecule has 1 aliphatic heterocycles. The number of pyridine rings is 1. The van der Waals surface area contributed by atoms with Crippen LogP contribution < -0.4 is 42.5 Å². The number of anilines is 1. The number of nitrogens with one attached hydrogen (secondary N) is 1. The molecule has 0 radical (unpaired) electrons. The van der Waals surface area contributed by atoms with Gasteiger partial charge in [0.05, 0.1) is 36.2 Å². The molecule has 18 nitrogen and oxygen atoms in total. The van der Waals surface area contributed by atoms with E-state index >= 15 is 0 Å². The number of ketones is 3. The number of carbonyl (C=O) groups excluding carboxylic acids is 5. The Morgan fingerprint density at radius 2 is 1.59 bits per heavy atom. The summed E-state index contributed by atoms with van der Waals surface area (Å²) in [5, 5.41) is 12.1. The third-order valence-electron chi connectivity index (χ3n) is 11.8. The Morgan fingerprint density at radius 3 is 2.20 bits per heavy atom. The molecule has 9 N–H and O–H groups in total. The summed E-state index contributed by atoms with van der Waals surface area (Å²) in [5.41, 5.74) is 27.1.